The van der Waals surface area contributed by atoms with Crippen LogP contribution in [0.5, 0.6) is 11.5 Å². The van der Waals surface area contributed by atoms with Crippen molar-refractivity contribution < 1.29 is 27.0 Å². The van der Waals surface area contributed by atoms with Crippen LogP contribution in [0.4, 0.5) is 17.6 Å². The fourth-order valence-corrected chi connectivity index (χ4v) is 6.40. The lowest BCUT2D eigenvalue weighted by molar-refractivity contribution is -0.185. The first-order valence-corrected chi connectivity index (χ1v) is 14.5. The summed E-state index contributed by atoms with van der Waals surface area (Å²) in [5.41, 5.74) is 0.883. The van der Waals surface area contributed by atoms with Crippen molar-refractivity contribution in [3.8, 4) is 11.5 Å². The van der Waals surface area contributed by atoms with E-state index >= 15 is 0 Å². The van der Waals surface area contributed by atoms with E-state index in [9.17, 15) is 17.6 Å². The third kappa shape index (κ3) is 8.38. The Balaban J connectivity index is 1.20. The number of rotatable bonds is 12. The summed E-state index contributed by atoms with van der Waals surface area (Å²) in [4.78, 5) is 0. The Kier molecular flexibility index (Phi) is 10.4. The van der Waals surface area contributed by atoms with E-state index in [4.69, 9.17) is 4.74 Å². The van der Waals surface area contributed by atoms with Crippen LogP contribution in [0.15, 0.2) is 48.5 Å². The van der Waals surface area contributed by atoms with Gasteiger partial charge in [0.25, 0.3) is 0 Å². The first-order chi connectivity index (χ1) is 18.3. The highest BCUT2D eigenvalue weighted by Crippen LogP contribution is 2.41. The average Bonchev–Trinajstić information content (AvgIpc) is 2.92. The summed E-state index contributed by atoms with van der Waals surface area (Å²) >= 11 is 0. The van der Waals surface area contributed by atoms with E-state index in [0.29, 0.717) is 5.92 Å². The summed E-state index contributed by atoms with van der Waals surface area (Å²) in [6, 6.07) is 11.2. The maximum Gasteiger partial charge on any atom is 0.426 e. The predicted octanol–water partition coefficient (Wildman–Crippen LogP) is 10.5. The molecule has 6 heteroatoms. The summed E-state index contributed by atoms with van der Waals surface area (Å²) in [5.74, 6) is 2.89. The molecule has 0 atom stereocenters. The molecule has 2 aliphatic carbocycles. The molecule has 2 aromatic rings. The van der Waals surface area contributed by atoms with Gasteiger partial charge in [0.2, 0.25) is 0 Å². The van der Waals surface area contributed by atoms with Crippen molar-refractivity contribution in [1.82, 2.24) is 0 Å². The van der Waals surface area contributed by atoms with Gasteiger partial charge in [0, 0.05) is 0 Å². The van der Waals surface area contributed by atoms with Crippen LogP contribution in [-0.4, -0.2) is 6.61 Å². The highest BCUT2D eigenvalue weighted by atomic mass is 19.3. The second kappa shape index (κ2) is 13.7. The molecule has 0 saturated heterocycles. The smallest absolute Gasteiger partial charge is 0.426 e. The van der Waals surface area contributed by atoms with Gasteiger partial charge in [-0.25, -0.2) is 0 Å². The molecule has 38 heavy (non-hydrogen) atoms. The number of halogens is 4. The highest BCUT2D eigenvalue weighted by Gasteiger charge is 2.35. The number of alkyl halides is 4. The number of ether oxygens (including phenoxy) is 2. The zero-order valence-electron chi connectivity index (χ0n) is 22.5. The van der Waals surface area contributed by atoms with Gasteiger partial charge in [0.05, 0.1) is 5.56 Å². The molecule has 4 rings (SSSR count). The normalized spacial score (nSPS) is 24.4. The van der Waals surface area contributed by atoms with Crippen LogP contribution in [0, 0.1) is 17.8 Å². The van der Waals surface area contributed by atoms with Crippen molar-refractivity contribution >= 4 is 0 Å². The molecule has 0 unspecified atom stereocenters. The summed E-state index contributed by atoms with van der Waals surface area (Å²) in [6.07, 6.45) is 13.7. The quantitative estimate of drug-likeness (QED) is 0.252. The van der Waals surface area contributed by atoms with Gasteiger partial charge in [0.1, 0.15) is 11.5 Å². The Bertz CT molecular complexity index is 944. The van der Waals surface area contributed by atoms with Gasteiger partial charge >= 0.3 is 12.7 Å². The predicted molar refractivity (Wildman–Crippen MR) is 143 cm³/mol. The minimum atomic E-state index is -3.53. The molecule has 2 nitrogen and oxygen atoms in total. The van der Waals surface area contributed by atoms with E-state index in [1.807, 2.05) is 0 Å². The van der Waals surface area contributed by atoms with Gasteiger partial charge < -0.3 is 9.47 Å². The van der Waals surface area contributed by atoms with Crippen molar-refractivity contribution in [2.45, 2.75) is 109 Å². The molecule has 0 radical (unpaired) electrons. The molecule has 0 aromatic heterocycles. The Labute approximate surface area is 225 Å². The van der Waals surface area contributed by atoms with Crippen LogP contribution >= 0.6 is 0 Å². The SMILES string of the molecule is CCCC[C@H]1CC[C@H](CCC2CCC(c3ccc(C(F)(F)Oc4ccc(OC(F)F)cc4)cc3)CC2)CC1. The minimum Gasteiger partial charge on any atom is -0.435 e. The summed E-state index contributed by atoms with van der Waals surface area (Å²) < 4.78 is 63.1. The van der Waals surface area contributed by atoms with Gasteiger partial charge in [0.15, 0.2) is 0 Å². The van der Waals surface area contributed by atoms with E-state index in [1.54, 1.807) is 12.1 Å². The third-order valence-electron chi connectivity index (χ3n) is 8.78. The topological polar surface area (TPSA) is 18.5 Å². The lowest BCUT2D eigenvalue weighted by atomic mass is 9.74. The largest absolute Gasteiger partial charge is 0.435 e. The molecule has 210 valence electrons. The first kappa shape index (κ1) is 28.8. The van der Waals surface area contributed by atoms with Gasteiger partial charge in [-0.05, 0) is 91.3 Å². The maximum absolute atomic E-state index is 14.7. The van der Waals surface area contributed by atoms with Crippen molar-refractivity contribution in [3.63, 3.8) is 0 Å². The van der Waals surface area contributed by atoms with Crippen molar-refractivity contribution in [2.24, 2.45) is 17.8 Å². The fourth-order valence-electron chi connectivity index (χ4n) is 6.40. The molecule has 2 fully saturated rings. The van der Waals surface area contributed by atoms with E-state index < -0.39 is 12.7 Å². The van der Waals surface area contributed by atoms with E-state index in [-0.39, 0.29) is 17.1 Å². The summed E-state index contributed by atoms with van der Waals surface area (Å²) in [5, 5.41) is 0. The summed E-state index contributed by atoms with van der Waals surface area (Å²) in [6.45, 7) is -0.686. The standard InChI is InChI=1S/C32H42F4O2/c1-2-3-4-23-5-7-24(8-6-23)9-10-25-11-13-26(14-12-25)27-15-17-28(18-16-27)32(35,36)38-30-21-19-29(20-22-30)37-31(33)34/h15-26,31H,2-14H2,1H3/t23-,24-,25?,26?. The highest BCUT2D eigenvalue weighted by molar-refractivity contribution is 5.33. The molecular weight excluding hydrogens is 492 g/mol. The Morgan fingerprint density at radius 3 is 1.74 bits per heavy atom. The molecule has 0 heterocycles. The molecule has 0 spiro atoms. The van der Waals surface area contributed by atoms with Crippen molar-refractivity contribution in [3.05, 3.63) is 59.7 Å². The molecule has 0 amide bonds. The van der Waals surface area contributed by atoms with Crippen LogP contribution in [-0.2, 0) is 6.11 Å². The van der Waals surface area contributed by atoms with Gasteiger partial charge in [-0.1, -0.05) is 76.8 Å². The lowest BCUT2D eigenvalue weighted by Gasteiger charge is -2.32. The minimum absolute atomic E-state index is 0.111. The van der Waals surface area contributed by atoms with Crippen LogP contribution in [0.3, 0.4) is 0 Å². The molecular formula is C32H42F4O2. The molecule has 0 bridgehead atoms. The van der Waals surface area contributed by atoms with E-state index in [1.165, 1.54) is 107 Å². The number of benzene rings is 2. The Morgan fingerprint density at radius 2 is 1.21 bits per heavy atom. The zero-order chi connectivity index (χ0) is 27.0. The van der Waals surface area contributed by atoms with Gasteiger partial charge in [-0.3, -0.25) is 0 Å². The molecule has 2 saturated carbocycles. The lowest BCUT2D eigenvalue weighted by Crippen LogP contribution is -2.22. The van der Waals surface area contributed by atoms with Crippen LogP contribution in [0.2, 0.25) is 0 Å². The first-order valence-electron chi connectivity index (χ1n) is 14.5. The summed E-state index contributed by atoms with van der Waals surface area (Å²) in [7, 11) is 0. The van der Waals surface area contributed by atoms with Crippen molar-refractivity contribution in [1.29, 1.82) is 0 Å². The van der Waals surface area contributed by atoms with Crippen LogP contribution in [0.25, 0.3) is 0 Å². The number of unbranched alkanes of at least 4 members (excludes halogenated alkanes) is 1. The molecule has 0 N–H and O–H groups in total. The Morgan fingerprint density at radius 1 is 0.711 bits per heavy atom. The van der Waals surface area contributed by atoms with E-state index in [2.05, 4.69) is 11.7 Å². The monoisotopic (exact) mass is 534 g/mol. The van der Waals surface area contributed by atoms with Gasteiger partial charge in [-0.15, -0.1) is 0 Å². The maximum atomic E-state index is 14.7. The van der Waals surface area contributed by atoms with Crippen molar-refractivity contribution in [2.75, 3.05) is 0 Å². The van der Waals surface area contributed by atoms with Gasteiger partial charge in [-0.2, -0.15) is 17.6 Å². The van der Waals surface area contributed by atoms with Crippen LogP contribution in [0.1, 0.15) is 107 Å². The van der Waals surface area contributed by atoms with Crippen LogP contribution < -0.4 is 9.47 Å². The third-order valence-corrected chi connectivity index (χ3v) is 8.78. The molecule has 2 aromatic carbocycles. The number of hydrogen-bond donors (Lipinski definition) is 0. The molecule has 0 aliphatic heterocycles. The van der Waals surface area contributed by atoms with E-state index in [0.717, 1.165) is 36.2 Å². The fraction of sp³-hybridized carbons (Fsp3) is 0.625. The second-order valence-corrected chi connectivity index (χ2v) is 11.4. The zero-order valence-corrected chi connectivity index (χ0v) is 22.5. The Hall–Kier alpha value is -2.24. The average molecular weight is 535 g/mol. The number of hydrogen-bond acceptors (Lipinski definition) is 2. The second-order valence-electron chi connectivity index (χ2n) is 11.4. The molecule has 2 aliphatic rings.